The number of sulfonamides is 1. The molecule has 1 amide bonds. The summed E-state index contributed by atoms with van der Waals surface area (Å²) in [6.45, 7) is 2.04. The molecule has 0 saturated carbocycles. The minimum atomic E-state index is -3.68. The Labute approximate surface area is 197 Å². The Morgan fingerprint density at radius 1 is 1.00 bits per heavy atom. The van der Waals surface area contributed by atoms with Gasteiger partial charge in [0.1, 0.15) is 0 Å². The molecule has 3 aromatic rings. The van der Waals surface area contributed by atoms with Crippen LogP contribution in [0, 0.1) is 0 Å². The van der Waals surface area contributed by atoms with Crippen molar-refractivity contribution in [2.24, 2.45) is 0 Å². The summed E-state index contributed by atoms with van der Waals surface area (Å²) in [6.07, 6.45) is 0. The van der Waals surface area contributed by atoms with Gasteiger partial charge in [-0.2, -0.15) is 0 Å². The molecule has 0 saturated heterocycles. The highest BCUT2D eigenvalue weighted by Crippen LogP contribution is 2.39. The highest BCUT2D eigenvalue weighted by molar-refractivity contribution is 7.89. The third-order valence-corrected chi connectivity index (χ3v) is 7.27. The molecule has 1 heterocycles. The quantitative estimate of drug-likeness (QED) is 0.449. The summed E-state index contributed by atoms with van der Waals surface area (Å²) in [5, 5.41) is 4.78. The first-order valence-electron chi connectivity index (χ1n) is 10.0. The lowest BCUT2D eigenvalue weighted by atomic mass is 10.1. The van der Waals surface area contributed by atoms with Gasteiger partial charge in [0.05, 0.1) is 32.3 Å². The zero-order valence-electron chi connectivity index (χ0n) is 18.7. The van der Waals surface area contributed by atoms with Crippen molar-refractivity contribution in [3.8, 4) is 17.2 Å². The molecular formula is C23H26N2O6S2. The summed E-state index contributed by atoms with van der Waals surface area (Å²) >= 11 is 1.47. The number of benzene rings is 2. The molecular weight excluding hydrogens is 464 g/mol. The molecule has 1 aromatic heterocycles. The summed E-state index contributed by atoms with van der Waals surface area (Å²) in [7, 11) is 0.885. The van der Waals surface area contributed by atoms with Gasteiger partial charge in [0, 0.05) is 17.0 Å². The number of ether oxygens (including phenoxy) is 3. The molecule has 10 heteroatoms. The second-order valence-corrected chi connectivity index (χ2v) is 9.88. The van der Waals surface area contributed by atoms with E-state index in [9.17, 15) is 13.2 Å². The van der Waals surface area contributed by atoms with E-state index in [0.717, 1.165) is 10.4 Å². The Balaban J connectivity index is 1.70. The topological polar surface area (TPSA) is 103 Å². The molecule has 0 fully saturated rings. The van der Waals surface area contributed by atoms with E-state index in [1.165, 1.54) is 56.9 Å². The van der Waals surface area contributed by atoms with Gasteiger partial charge < -0.3 is 19.5 Å². The molecule has 1 unspecified atom stereocenters. The van der Waals surface area contributed by atoms with Crippen molar-refractivity contribution in [1.29, 1.82) is 0 Å². The van der Waals surface area contributed by atoms with Crippen molar-refractivity contribution in [2.45, 2.75) is 24.4 Å². The number of methoxy groups -OCH3 is 3. The monoisotopic (exact) mass is 490 g/mol. The zero-order valence-corrected chi connectivity index (χ0v) is 20.4. The van der Waals surface area contributed by atoms with Crippen LogP contribution < -0.4 is 24.2 Å². The summed E-state index contributed by atoms with van der Waals surface area (Å²) in [4.78, 5) is 13.7. The van der Waals surface area contributed by atoms with Crippen molar-refractivity contribution >= 4 is 27.3 Å². The van der Waals surface area contributed by atoms with Crippen LogP contribution >= 0.6 is 11.3 Å². The summed E-state index contributed by atoms with van der Waals surface area (Å²) in [5.41, 5.74) is 1.10. The Morgan fingerprint density at radius 2 is 1.64 bits per heavy atom. The highest BCUT2D eigenvalue weighted by Gasteiger charge is 2.19. The number of carbonyl (C=O) groups excluding carboxylic acids is 1. The van der Waals surface area contributed by atoms with Crippen LogP contribution in [-0.4, -0.2) is 35.7 Å². The summed E-state index contributed by atoms with van der Waals surface area (Å²) in [6, 6.07) is 12.7. The van der Waals surface area contributed by atoms with E-state index in [1.54, 1.807) is 12.1 Å². The number of thiophene rings is 1. The molecule has 0 aliphatic heterocycles. The minimum absolute atomic E-state index is 0.0910. The molecule has 33 heavy (non-hydrogen) atoms. The maximum Gasteiger partial charge on any atom is 0.251 e. The Hall–Kier alpha value is -3.08. The second-order valence-electron chi connectivity index (χ2n) is 7.08. The molecule has 0 radical (unpaired) electrons. The lowest BCUT2D eigenvalue weighted by Crippen LogP contribution is -2.27. The molecule has 0 aliphatic rings. The van der Waals surface area contributed by atoms with Crippen LogP contribution in [0.25, 0.3) is 0 Å². The zero-order chi connectivity index (χ0) is 24.0. The first kappa shape index (κ1) is 24.6. The molecule has 2 N–H and O–H groups in total. The fraction of sp³-hybridized carbons (Fsp3) is 0.261. The van der Waals surface area contributed by atoms with Gasteiger partial charge in [0.15, 0.2) is 11.5 Å². The molecule has 3 rings (SSSR count). The number of amides is 1. The first-order valence-corrected chi connectivity index (χ1v) is 12.4. The molecule has 8 nitrogen and oxygen atoms in total. The maximum atomic E-state index is 12.7. The number of hydrogen-bond acceptors (Lipinski definition) is 7. The standard InChI is InChI=1S/C23H26N2O6S2/c1-15(17-12-20(29-2)22(31-4)21(13-17)30-3)25-23(26)16-7-9-19(10-8-16)33(27,28)24-14-18-6-5-11-32-18/h5-13,15,24H,14H2,1-4H3,(H,25,26). The number of carbonyl (C=O) groups is 1. The van der Waals surface area contributed by atoms with Crippen LogP contribution in [0.2, 0.25) is 0 Å². The van der Waals surface area contributed by atoms with Crippen LogP contribution in [-0.2, 0) is 16.6 Å². The average Bonchev–Trinajstić information content (AvgIpc) is 3.35. The molecule has 176 valence electrons. The van der Waals surface area contributed by atoms with Gasteiger partial charge in [-0.05, 0) is 60.3 Å². The Morgan fingerprint density at radius 3 is 2.15 bits per heavy atom. The van der Waals surface area contributed by atoms with Gasteiger partial charge in [-0.1, -0.05) is 6.07 Å². The average molecular weight is 491 g/mol. The van der Waals surface area contributed by atoms with Crippen LogP contribution in [0.3, 0.4) is 0 Å². The first-order chi connectivity index (χ1) is 15.8. The second kappa shape index (κ2) is 10.7. The molecule has 1 atom stereocenters. The largest absolute Gasteiger partial charge is 0.493 e. The molecule has 0 spiro atoms. The van der Waals surface area contributed by atoms with Gasteiger partial charge in [-0.25, -0.2) is 13.1 Å². The molecule has 0 bridgehead atoms. The lowest BCUT2D eigenvalue weighted by molar-refractivity contribution is 0.0939. The third-order valence-electron chi connectivity index (χ3n) is 4.98. The highest BCUT2D eigenvalue weighted by atomic mass is 32.2. The lowest BCUT2D eigenvalue weighted by Gasteiger charge is -2.19. The van der Waals surface area contributed by atoms with Crippen LogP contribution in [0.4, 0.5) is 0 Å². The van der Waals surface area contributed by atoms with E-state index in [4.69, 9.17) is 14.2 Å². The Bertz CT molecular complexity index is 1170. The van der Waals surface area contributed by atoms with Crippen molar-refractivity contribution < 1.29 is 27.4 Å². The van der Waals surface area contributed by atoms with Crippen molar-refractivity contribution in [1.82, 2.24) is 10.0 Å². The van der Waals surface area contributed by atoms with Gasteiger partial charge in [0.25, 0.3) is 5.91 Å². The smallest absolute Gasteiger partial charge is 0.251 e. The fourth-order valence-corrected chi connectivity index (χ4v) is 4.91. The van der Waals surface area contributed by atoms with E-state index < -0.39 is 10.0 Å². The summed E-state index contributed by atoms with van der Waals surface area (Å²) in [5.74, 6) is 1.09. The predicted molar refractivity (Wildman–Crippen MR) is 127 cm³/mol. The van der Waals surface area contributed by atoms with Crippen LogP contribution in [0.1, 0.15) is 33.8 Å². The van der Waals surface area contributed by atoms with Gasteiger partial charge >= 0.3 is 0 Å². The van der Waals surface area contributed by atoms with Crippen LogP contribution in [0.5, 0.6) is 17.2 Å². The van der Waals surface area contributed by atoms with Gasteiger partial charge in [-0.15, -0.1) is 11.3 Å². The predicted octanol–water partition coefficient (Wildman–Crippen LogP) is 3.74. The fourth-order valence-electron chi connectivity index (χ4n) is 3.16. The van der Waals surface area contributed by atoms with Crippen LogP contribution in [0.15, 0.2) is 58.8 Å². The van der Waals surface area contributed by atoms with E-state index in [2.05, 4.69) is 10.0 Å². The molecule has 2 aromatic carbocycles. The minimum Gasteiger partial charge on any atom is -0.493 e. The maximum absolute atomic E-state index is 12.7. The van der Waals surface area contributed by atoms with E-state index in [1.807, 2.05) is 24.4 Å². The van der Waals surface area contributed by atoms with Crippen molar-refractivity contribution in [3.05, 3.63) is 69.9 Å². The van der Waals surface area contributed by atoms with E-state index in [-0.39, 0.29) is 23.4 Å². The molecule has 0 aliphatic carbocycles. The van der Waals surface area contributed by atoms with Gasteiger partial charge in [-0.3, -0.25) is 4.79 Å². The van der Waals surface area contributed by atoms with Crippen molar-refractivity contribution in [3.63, 3.8) is 0 Å². The number of hydrogen-bond donors (Lipinski definition) is 2. The number of rotatable bonds is 10. The third kappa shape index (κ3) is 5.84. The summed E-state index contributed by atoms with van der Waals surface area (Å²) < 4.78 is 43.6. The normalized spacial score (nSPS) is 12.1. The van der Waals surface area contributed by atoms with Crippen molar-refractivity contribution in [2.75, 3.05) is 21.3 Å². The Kier molecular flexibility index (Phi) is 7.96. The van der Waals surface area contributed by atoms with E-state index >= 15 is 0 Å². The van der Waals surface area contributed by atoms with E-state index in [0.29, 0.717) is 22.8 Å². The van der Waals surface area contributed by atoms with Gasteiger partial charge in [0.2, 0.25) is 15.8 Å². The number of nitrogens with one attached hydrogen (secondary N) is 2. The SMILES string of the molecule is COc1cc(C(C)NC(=O)c2ccc(S(=O)(=O)NCc3cccs3)cc2)cc(OC)c1OC.